The molecule has 0 fully saturated rings. The van der Waals surface area contributed by atoms with E-state index in [-0.39, 0.29) is 22.6 Å². The fraction of sp³-hybridized carbons (Fsp3) is 0.680. The number of unbranched alkanes of at least 4 members (excludes halogenated alkanes) is 14. The number of benzene rings is 1. The molecule has 0 saturated carbocycles. The zero-order valence-electron chi connectivity index (χ0n) is 18.8. The average molecular weight is 420 g/mol. The molecule has 1 aromatic carbocycles. The molecule has 5 heteroatoms. The maximum atomic E-state index is 12.3. The smallest absolute Gasteiger partial charge is 0.339 e. The Morgan fingerprint density at radius 3 is 1.63 bits per heavy atom. The topological polar surface area (TPSA) is 101 Å². The van der Waals surface area contributed by atoms with Crippen molar-refractivity contribution in [3.05, 3.63) is 23.3 Å². The lowest BCUT2D eigenvalue weighted by molar-refractivity contribution is 0.0694. The Morgan fingerprint density at radius 1 is 0.767 bits per heavy atom. The number of carbonyl (C=O) groups is 2. The number of hydrogen-bond acceptors (Lipinski definition) is 4. The number of aromatic hydroxyl groups is 1. The SMILES string of the molecule is CCCCCCCCCCCCCCCCCC(=O)c1cc(N)c(O)c(C(=O)O)c1. The number of anilines is 1. The minimum absolute atomic E-state index is 0.0743. The van der Waals surface area contributed by atoms with Crippen LogP contribution in [0.5, 0.6) is 5.75 Å². The van der Waals surface area contributed by atoms with Gasteiger partial charge in [-0.1, -0.05) is 96.8 Å². The van der Waals surface area contributed by atoms with Crippen molar-refractivity contribution in [2.75, 3.05) is 5.73 Å². The molecule has 0 aliphatic rings. The second-order valence-corrected chi connectivity index (χ2v) is 8.39. The predicted octanol–water partition coefficient (Wildman–Crippen LogP) is 7.12. The van der Waals surface area contributed by atoms with Gasteiger partial charge in [0.2, 0.25) is 0 Å². The van der Waals surface area contributed by atoms with Crippen LogP contribution in [0, 0.1) is 0 Å². The molecule has 0 amide bonds. The number of carboxylic acid groups (broad SMARTS) is 1. The molecule has 0 unspecified atom stereocenters. The van der Waals surface area contributed by atoms with Crippen LogP contribution in [0.15, 0.2) is 12.1 Å². The van der Waals surface area contributed by atoms with Crippen molar-refractivity contribution in [1.82, 2.24) is 0 Å². The van der Waals surface area contributed by atoms with Gasteiger partial charge in [-0.2, -0.15) is 0 Å². The summed E-state index contributed by atoms with van der Waals surface area (Å²) in [6.07, 6.45) is 19.4. The van der Waals surface area contributed by atoms with E-state index >= 15 is 0 Å². The molecule has 170 valence electrons. The fourth-order valence-corrected chi connectivity index (χ4v) is 3.78. The van der Waals surface area contributed by atoms with E-state index in [1.165, 1.54) is 89.2 Å². The standard InChI is InChI=1S/C25H41NO4/c1-2-3-4-5-6-7-8-9-10-11-12-13-14-15-16-17-23(27)20-18-21(25(29)30)24(28)22(26)19-20/h18-19,28H,2-17,26H2,1H3,(H,29,30). The summed E-state index contributed by atoms with van der Waals surface area (Å²) in [5.74, 6) is -1.90. The van der Waals surface area contributed by atoms with Crippen molar-refractivity contribution in [2.24, 2.45) is 0 Å². The first-order valence-corrected chi connectivity index (χ1v) is 11.9. The fourth-order valence-electron chi connectivity index (χ4n) is 3.78. The first-order valence-electron chi connectivity index (χ1n) is 11.9. The van der Waals surface area contributed by atoms with Gasteiger partial charge in [-0.05, 0) is 18.6 Å². The van der Waals surface area contributed by atoms with Crippen molar-refractivity contribution in [3.8, 4) is 5.75 Å². The monoisotopic (exact) mass is 419 g/mol. The third-order valence-corrected chi connectivity index (χ3v) is 5.70. The van der Waals surface area contributed by atoms with Gasteiger partial charge < -0.3 is 15.9 Å². The summed E-state index contributed by atoms with van der Waals surface area (Å²) in [6, 6.07) is 2.57. The number of ketones is 1. The van der Waals surface area contributed by atoms with Gasteiger partial charge in [-0.15, -0.1) is 0 Å². The van der Waals surface area contributed by atoms with Crippen molar-refractivity contribution in [3.63, 3.8) is 0 Å². The van der Waals surface area contributed by atoms with Crippen LogP contribution in [0.1, 0.15) is 130 Å². The van der Waals surface area contributed by atoms with E-state index in [2.05, 4.69) is 6.92 Å². The van der Waals surface area contributed by atoms with Gasteiger partial charge in [0.1, 0.15) is 5.56 Å². The summed E-state index contributed by atoms with van der Waals surface area (Å²) >= 11 is 0. The Bertz CT molecular complexity index is 642. The quantitative estimate of drug-likeness (QED) is 0.102. The Kier molecular flexibility index (Phi) is 13.7. The summed E-state index contributed by atoms with van der Waals surface area (Å²) in [7, 11) is 0. The summed E-state index contributed by atoms with van der Waals surface area (Å²) in [6.45, 7) is 2.26. The minimum Gasteiger partial charge on any atom is -0.505 e. The maximum absolute atomic E-state index is 12.3. The summed E-state index contributed by atoms with van der Waals surface area (Å²) in [5, 5.41) is 18.8. The van der Waals surface area contributed by atoms with Crippen LogP contribution in [0.4, 0.5) is 5.69 Å². The summed E-state index contributed by atoms with van der Waals surface area (Å²) in [5.41, 5.74) is 5.48. The molecule has 5 nitrogen and oxygen atoms in total. The number of nitrogen functional groups attached to an aromatic ring is 1. The number of rotatable bonds is 18. The number of carbonyl (C=O) groups excluding carboxylic acids is 1. The van der Waals surface area contributed by atoms with E-state index in [4.69, 9.17) is 10.8 Å². The lowest BCUT2D eigenvalue weighted by atomic mass is 10.00. The van der Waals surface area contributed by atoms with Crippen LogP contribution < -0.4 is 5.73 Å². The van der Waals surface area contributed by atoms with Gasteiger partial charge in [0, 0.05) is 12.0 Å². The number of phenols is 1. The van der Waals surface area contributed by atoms with Crippen molar-refractivity contribution >= 4 is 17.4 Å². The van der Waals surface area contributed by atoms with Crippen LogP contribution in [-0.4, -0.2) is 22.0 Å². The number of nitrogens with two attached hydrogens (primary N) is 1. The van der Waals surface area contributed by atoms with Gasteiger partial charge in [0.25, 0.3) is 0 Å². The first kappa shape index (κ1) is 26.0. The first-order chi connectivity index (χ1) is 14.5. The van der Waals surface area contributed by atoms with Crippen LogP contribution in [0.25, 0.3) is 0 Å². The molecule has 0 aliphatic carbocycles. The van der Waals surface area contributed by atoms with Gasteiger partial charge in [-0.25, -0.2) is 4.79 Å². The third-order valence-electron chi connectivity index (χ3n) is 5.70. The van der Waals surface area contributed by atoms with Gasteiger partial charge in [-0.3, -0.25) is 4.79 Å². The number of Topliss-reactive ketones (excluding diaryl/α,β-unsaturated/α-hetero) is 1. The summed E-state index contributed by atoms with van der Waals surface area (Å²) in [4.78, 5) is 23.4. The molecule has 0 heterocycles. The molecule has 4 N–H and O–H groups in total. The Balaban J connectivity index is 2.04. The molecule has 0 spiro atoms. The minimum atomic E-state index is -1.29. The molecule has 0 radical (unpaired) electrons. The van der Waals surface area contributed by atoms with Crippen LogP contribution in [-0.2, 0) is 0 Å². The van der Waals surface area contributed by atoms with E-state index < -0.39 is 11.7 Å². The van der Waals surface area contributed by atoms with Crippen LogP contribution in [0.2, 0.25) is 0 Å². The normalized spacial score (nSPS) is 11.0. The highest BCUT2D eigenvalue weighted by molar-refractivity contribution is 6.01. The Morgan fingerprint density at radius 2 is 1.20 bits per heavy atom. The largest absolute Gasteiger partial charge is 0.505 e. The highest BCUT2D eigenvalue weighted by Crippen LogP contribution is 2.27. The number of carboxylic acids is 1. The molecule has 1 aromatic rings. The van der Waals surface area contributed by atoms with Crippen molar-refractivity contribution in [2.45, 2.75) is 110 Å². The molecular formula is C25H41NO4. The van der Waals surface area contributed by atoms with E-state index in [1.807, 2.05) is 0 Å². The van der Waals surface area contributed by atoms with Crippen molar-refractivity contribution < 1.29 is 19.8 Å². The lowest BCUT2D eigenvalue weighted by Crippen LogP contribution is -2.06. The maximum Gasteiger partial charge on any atom is 0.339 e. The van der Waals surface area contributed by atoms with E-state index in [0.29, 0.717) is 6.42 Å². The summed E-state index contributed by atoms with van der Waals surface area (Å²) < 4.78 is 0. The highest BCUT2D eigenvalue weighted by Gasteiger charge is 2.17. The Labute approximate surface area is 182 Å². The second-order valence-electron chi connectivity index (χ2n) is 8.39. The second kappa shape index (κ2) is 15.8. The van der Waals surface area contributed by atoms with Crippen molar-refractivity contribution in [1.29, 1.82) is 0 Å². The van der Waals surface area contributed by atoms with Crippen LogP contribution in [0.3, 0.4) is 0 Å². The molecule has 0 bridgehead atoms. The third kappa shape index (κ3) is 10.7. The molecule has 1 rings (SSSR count). The molecule has 0 aliphatic heterocycles. The highest BCUT2D eigenvalue weighted by atomic mass is 16.4. The Hall–Kier alpha value is -2.04. The van der Waals surface area contributed by atoms with Gasteiger partial charge in [0.15, 0.2) is 11.5 Å². The van der Waals surface area contributed by atoms with Crippen LogP contribution >= 0.6 is 0 Å². The van der Waals surface area contributed by atoms with E-state index in [9.17, 15) is 14.7 Å². The molecule has 30 heavy (non-hydrogen) atoms. The van der Waals surface area contributed by atoms with E-state index in [0.717, 1.165) is 19.3 Å². The molecule has 0 atom stereocenters. The zero-order chi connectivity index (χ0) is 22.2. The molecular weight excluding hydrogens is 378 g/mol. The molecule has 0 saturated heterocycles. The van der Waals surface area contributed by atoms with Gasteiger partial charge >= 0.3 is 5.97 Å². The number of hydrogen-bond donors (Lipinski definition) is 3. The zero-order valence-corrected chi connectivity index (χ0v) is 18.8. The molecule has 0 aromatic heterocycles. The lowest BCUT2D eigenvalue weighted by Gasteiger charge is -2.07. The number of aromatic carboxylic acids is 1. The van der Waals surface area contributed by atoms with Gasteiger partial charge in [0.05, 0.1) is 5.69 Å². The predicted molar refractivity (Wildman–Crippen MR) is 123 cm³/mol. The van der Waals surface area contributed by atoms with E-state index in [1.54, 1.807) is 0 Å². The average Bonchev–Trinajstić information content (AvgIpc) is 2.72.